The minimum absolute atomic E-state index is 0.129. The number of H-pyrrole nitrogens is 1. The van der Waals surface area contributed by atoms with Crippen molar-refractivity contribution in [2.24, 2.45) is 0 Å². The van der Waals surface area contributed by atoms with Gasteiger partial charge in [0.1, 0.15) is 23.2 Å². The van der Waals surface area contributed by atoms with Crippen LogP contribution >= 0.6 is 0 Å². The first kappa shape index (κ1) is 12.3. The number of anilines is 2. The van der Waals surface area contributed by atoms with Crippen molar-refractivity contribution in [3.05, 3.63) is 30.1 Å². The molecule has 0 unspecified atom stereocenters. The zero-order valence-corrected chi connectivity index (χ0v) is 11.1. The van der Waals surface area contributed by atoms with Crippen molar-refractivity contribution in [3.8, 4) is 0 Å². The van der Waals surface area contributed by atoms with Crippen LogP contribution in [0.25, 0.3) is 11.0 Å². The van der Waals surface area contributed by atoms with E-state index in [0.29, 0.717) is 28.8 Å². The molecule has 0 radical (unpaired) electrons. The number of nitrogens with two attached hydrogens (primary N) is 1. The van der Waals surface area contributed by atoms with Gasteiger partial charge in [0.05, 0.1) is 17.6 Å². The number of aromatic amines is 1. The van der Waals surface area contributed by atoms with Crippen LogP contribution in [0.4, 0.5) is 11.6 Å². The van der Waals surface area contributed by atoms with Gasteiger partial charge in [-0.3, -0.25) is 10.1 Å². The second-order valence-electron chi connectivity index (χ2n) is 4.44. The first-order chi connectivity index (χ1) is 9.65. The number of hydrogen-bond acceptors (Lipinski definition) is 7. The Morgan fingerprint density at radius 1 is 1.25 bits per heavy atom. The molecule has 0 saturated heterocycles. The molecule has 4 N–H and O–H groups in total. The quantitative estimate of drug-likeness (QED) is 0.654. The van der Waals surface area contributed by atoms with Crippen molar-refractivity contribution in [1.29, 1.82) is 0 Å². The summed E-state index contributed by atoms with van der Waals surface area (Å²) in [6.45, 7) is 3.77. The highest BCUT2D eigenvalue weighted by molar-refractivity contribution is 5.86. The SMILES string of the molecule is Cc1nc(N[C@@H](C)c2nccnc2N)c2cn[nH]c2n1. The molecule has 0 aliphatic heterocycles. The maximum absolute atomic E-state index is 5.83. The van der Waals surface area contributed by atoms with Gasteiger partial charge in [0.2, 0.25) is 0 Å². The Morgan fingerprint density at radius 2 is 2.05 bits per heavy atom. The average Bonchev–Trinajstić information content (AvgIpc) is 2.87. The topological polar surface area (TPSA) is 118 Å². The summed E-state index contributed by atoms with van der Waals surface area (Å²) in [6.07, 6.45) is 4.86. The van der Waals surface area contributed by atoms with Crippen LogP contribution < -0.4 is 11.1 Å². The molecule has 20 heavy (non-hydrogen) atoms. The minimum Gasteiger partial charge on any atom is -0.382 e. The summed E-state index contributed by atoms with van der Waals surface area (Å²) in [7, 11) is 0. The summed E-state index contributed by atoms with van der Waals surface area (Å²) in [5, 5.41) is 10.9. The lowest BCUT2D eigenvalue weighted by molar-refractivity contribution is 0.825. The molecular formula is C12H14N8. The summed E-state index contributed by atoms with van der Waals surface area (Å²) in [5.74, 6) is 1.75. The number of hydrogen-bond donors (Lipinski definition) is 3. The second-order valence-corrected chi connectivity index (χ2v) is 4.44. The van der Waals surface area contributed by atoms with E-state index in [9.17, 15) is 0 Å². The van der Waals surface area contributed by atoms with Crippen molar-refractivity contribution in [2.75, 3.05) is 11.1 Å². The molecule has 3 aromatic rings. The van der Waals surface area contributed by atoms with Crippen LogP contribution in [0.3, 0.4) is 0 Å². The van der Waals surface area contributed by atoms with E-state index in [-0.39, 0.29) is 6.04 Å². The number of rotatable bonds is 3. The lowest BCUT2D eigenvalue weighted by atomic mass is 10.2. The number of aromatic nitrogens is 6. The van der Waals surface area contributed by atoms with Gasteiger partial charge in [-0.25, -0.2) is 15.0 Å². The maximum Gasteiger partial charge on any atom is 0.161 e. The number of nitrogens with one attached hydrogen (secondary N) is 2. The molecule has 0 bridgehead atoms. The average molecular weight is 270 g/mol. The van der Waals surface area contributed by atoms with E-state index < -0.39 is 0 Å². The zero-order valence-electron chi connectivity index (χ0n) is 11.1. The van der Waals surface area contributed by atoms with Crippen molar-refractivity contribution < 1.29 is 0 Å². The molecule has 8 nitrogen and oxygen atoms in total. The Labute approximate surface area is 114 Å². The Morgan fingerprint density at radius 3 is 2.85 bits per heavy atom. The van der Waals surface area contributed by atoms with Crippen molar-refractivity contribution in [2.45, 2.75) is 19.9 Å². The molecular weight excluding hydrogens is 256 g/mol. The molecule has 0 fully saturated rings. The Balaban J connectivity index is 1.97. The van der Waals surface area contributed by atoms with E-state index in [1.165, 1.54) is 0 Å². The van der Waals surface area contributed by atoms with Crippen LogP contribution in [0.15, 0.2) is 18.6 Å². The lowest BCUT2D eigenvalue weighted by Crippen LogP contribution is -2.13. The Hall–Kier alpha value is -2.77. The van der Waals surface area contributed by atoms with Crippen molar-refractivity contribution in [3.63, 3.8) is 0 Å². The molecule has 3 rings (SSSR count). The Kier molecular flexibility index (Phi) is 2.90. The molecule has 8 heteroatoms. The van der Waals surface area contributed by atoms with Crippen LogP contribution in [-0.2, 0) is 0 Å². The molecule has 0 aliphatic carbocycles. The molecule has 0 saturated carbocycles. The highest BCUT2D eigenvalue weighted by Crippen LogP contribution is 2.24. The summed E-state index contributed by atoms with van der Waals surface area (Å²) in [5.41, 5.74) is 7.21. The predicted molar refractivity (Wildman–Crippen MR) is 74.9 cm³/mol. The number of nitrogen functional groups attached to an aromatic ring is 1. The van der Waals surface area contributed by atoms with E-state index >= 15 is 0 Å². The summed E-state index contributed by atoms with van der Waals surface area (Å²) in [6, 6.07) is -0.129. The number of fused-ring (bicyclic) bond motifs is 1. The third-order valence-corrected chi connectivity index (χ3v) is 2.94. The van der Waals surface area contributed by atoms with Gasteiger partial charge >= 0.3 is 0 Å². The van der Waals surface area contributed by atoms with Crippen LogP contribution in [0, 0.1) is 6.92 Å². The molecule has 0 aromatic carbocycles. The molecule has 1 atom stereocenters. The molecule has 0 spiro atoms. The smallest absolute Gasteiger partial charge is 0.161 e. The van der Waals surface area contributed by atoms with Gasteiger partial charge in [0.25, 0.3) is 0 Å². The highest BCUT2D eigenvalue weighted by atomic mass is 15.2. The fourth-order valence-electron chi connectivity index (χ4n) is 2.02. The number of nitrogens with zero attached hydrogens (tertiary/aromatic N) is 5. The van der Waals surface area contributed by atoms with Crippen molar-refractivity contribution >= 4 is 22.7 Å². The largest absolute Gasteiger partial charge is 0.382 e. The van der Waals surface area contributed by atoms with E-state index in [1.54, 1.807) is 18.6 Å². The van der Waals surface area contributed by atoms with Gasteiger partial charge in [0, 0.05) is 12.4 Å². The molecule has 0 amide bonds. The maximum atomic E-state index is 5.83. The zero-order chi connectivity index (χ0) is 14.1. The summed E-state index contributed by atoms with van der Waals surface area (Å²) < 4.78 is 0. The second kappa shape index (κ2) is 4.72. The van der Waals surface area contributed by atoms with Gasteiger partial charge in [-0.05, 0) is 13.8 Å². The monoisotopic (exact) mass is 270 g/mol. The van der Waals surface area contributed by atoms with Crippen LogP contribution in [0.5, 0.6) is 0 Å². The fourth-order valence-corrected chi connectivity index (χ4v) is 2.02. The third kappa shape index (κ3) is 2.11. The highest BCUT2D eigenvalue weighted by Gasteiger charge is 2.14. The van der Waals surface area contributed by atoms with Crippen LogP contribution in [0.2, 0.25) is 0 Å². The molecule has 3 aromatic heterocycles. The van der Waals surface area contributed by atoms with Crippen LogP contribution in [-0.4, -0.2) is 30.1 Å². The lowest BCUT2D eigenvalue weighted by Gasteiger charge is -2.15. The fraction of sp³-hybridized carbons (Fsp3) is 0.250. The summed E-state index contributed by atoms with van der Waals surface area (Å²) in [4.78, 5) is 17.0. The first-order valence-corrected chi connectivity index (χ1v) is 6.16. The number of aryl methyl sites for hydroxylation is 1. The normalized spacial score (nSPS) is 12.5. The molecule has 3 heterocycles. The third-order valence-electron chi connectivity index (χ3n) is 2.94. The van der Waals surface area contributed by atoms with Gasteiger partial charge < -0.3 is 11.1 Å². The van der Waals surface area contributed by atoms with E-state index in [4.69, 9.17) is 5.73 Å². The standard InChI is InChI=1S/C12H14N8/c1-6(9-10(13)15-4-3-14-9)17-11-8-5-16-20-12(8)19-7(2)18-11/h3-6H,1-2H3,(H2,13,15)(H2,16,17,18,19,20)/t6-/m0/s1. The molecule has 0 aliphatic rings. The van der Waals surface area contributed by atoms with E-state index in [0.717, 1.165) is 5.39 Å². The minimum atomic E-state index is -0.129. The van der Waals surface area contributed by atoms with Gasteiger partial charge in [-0.2, -0.15) is 5.10 Å². The van der Waals surface area contributed by atoms with Crippen molar-refractivity contribution in [1.82, 2.24) is 30.1 Å². The van der Waals surface area contributed by atoms with Gasteiger partial charge in [-0.15, -0.1) is 0 Å². The molecule has 102 valence electrons. The van der Waals surface area contributed by atoms with Crippen LogP contribution in [0.1, 0.15) is 24.5 Å². The van der Waals surface area contributed by atoms with E-state index in [2.05, 4.69) is 35.5 Å². The van der Waals surface area contributed by atoms with Gasteiger partial charge in [0.15, 0.2) is 5.65 Å². The summed E-state index contributed by atoms with van der Waals surface area (Å²) >= 11 is 0. The van der Waals surface area contributed by atoms with E-state index in [1.807, 2.05) is 13.8 Å². The first-order valence-electron chi connectivity index (χ1n) is 6.16. The Bertz CT molecular complexity index is 750. The van der Waals surface area contributed by atoms with Gasteiger partial charge in [-0.1, -0.05) is 0 Å². The predicted octanol–water partition coefficient (Wildman–Crippen LogP) is 1.21.